The van der Waals surface area contributed by atoms with Crippen molar-refractivity contribution >= 4 is 84.0 Å². The van der Waals surface area contributed by atoms with Crippen LogP contribution >= 0.6 is 0 Å². The van der Waals surface area contributed by atoms with Crippen molar-refractivity contribution < 1.29 is 4.42 Å². The number of benzene rings is 7. The van der Waals surface area contributed by atoms with Crippen molar-refractivity contribution in [2.24, 2.45) is 0 Å². The van der Waals surface area contributed by atoms with Crippen LogP contribution in [-0.4, -0.2) is 17.2 Å². The van der Waals surface area contributed by atoms with Gasteiger partial charge in [-0.3, -0.25) is 0 Å². The van der Waals surface area contributed by atoms with Gasteiger partial charge < -0.3 is 13.6 Å². The van der Waals surface area contributed by atoms with Crippen LogP contribution in [0.5, 0.6) is 0 Å². The molecule has 3 aromatic heterocycles. The second-order valence-electron chi connectivity index (χ2n) is 14.4. The molecule has 0 radical (unpaired) electrons. The molecule has 1 aliphatic rings. The predicted octanol–water partition coefficient (Wildman–Crippen LogP) is 10.3. The number of nitriles is 2. The molecular weight excluding hydrogens is 653 g/mol. The number of aromatic nitrogens is 2. The van der Waals surface area contributed by atoms with Gasteiger partial charge in [-0.05, 0) is 100 Å². The van der Waals surface area contributed by atoms with Crippen molar-refractivity contribution in [1.29, 1.82) is 10.5 Å². The quantitative estimate of drug-likeness (QED) is 0.171. The number of hydrogen-bond donors (Lipinski definition) is 0. The smallest absolute Gasteiger partial charge is 0.137 e. The Morgan fingerprint density at radius 3 is 1.63 bits per heavy atom. The maximum absolute atomic E-state index is 9.71. The molecule has 242 valence electrons. The van der Waals surface area contributed by atoms with Gasteiger partial charge in [0.1, 0.15) is 19.2 Å². The monoisotopic (exact) mass is 680 g/mol. The Morgan fingerprint density at radius 2 is 1.00 bits per heavy atom. The molecule has 11 rings (SSSR count). The molecule has 0 fully saturated rings. The van der Waals surface area contributed by atoms with E-state index in [0.29, 0.717) is 11.1 Å². The fraction of sp³-hybridized carbons (Fsp3) is 0.0435. The van der Waals surface area contributed by atoms with Crippen molar-refractivity contribution in [3.05, 3.63) is 145 Å². The first-order valence-electron chi connectivity index (χ1n) is 17.5. The zero-order chi connectivity index (χ0) is 34.9. The highest BCUT2D eigenvalue weighted by atomic mass is 28.3. The first-order chi connectivity index (χ1) is 25.4. The van der Waals surface area contributed by atoms with E-state index in [1.165, 1.54) is 32.3 Å². The van der Waals surface area contributed by atoms with E-state index in [9.17, 15) is 10.5 Å². The average Bonchev–Trinajstić information content (AvgIpc) is 3.87. The largest absolute Gasteiger partial charge is 0.456 e. The summed E-state index contributed by atoms with van der Waals surface area (Å²) in [5, 5.41) is 28.9. The molecule has 5 nitrogen and oxygen atoms in total. The lowest BCUT2D eigenvalue weighted by Gasteiger charge is -2.19. The van der Waals surface area contributed by atoms with E-state index < -0.39 is 8.07 Å². The van der Waals surface area contributed by atoms with Gasteiger partial charge in [0.05, 0.1) is 45.3 Å². The van der Waals surface area contributed by atoms with Crippen LogP contribution in [0.2, 0.25) is 13.1 Å². The van der Waals surface area contributed by atoms with Crippen molar-refractivity contribution in [2.75, 3.05) is 0 Å². The summed E-state index contributed by atoms with van der Waals surface area (Å²) >= 11 is 0. The number of hydrogen-bond acceptors (Lipinski definition) is 3. The average molecular weight is 681 g/mol. The molecule has 0 atom stereocenters. The van der Waals surface area contributed by atoms with Gasteiger partial charge >= 0.3 is 0 Å². The van der Waals surface area contributed by atoms with Gasteiger partial charge in [0.15, 0.2) is 0 Å². The highest BCUT2D eigenvalue weighted by Gasteiger charge is 2.38. The fourth-order valence-corrected chi connectivity index (χ4v) is 12.0. The standard InChI is InChI=1S/C46H28N4OSi/c1-52(2)45-17-13-29(49-40-15-11-27(25-47)19-33(40)34-20-28(26-48)12-16-41(34)49)21-37(45)38-22-30(14-18-46(38)52)50-39-9-5-3-7-31(39)35-23-36-32-8-4-6-10-43(32)51-44(36)24-42(35)50/h3-24H,1-2H3. The molecule has 0 aliphatic carbocycles. The zero-order valence-electron chi connectivity index (χ0n) is 28.4. The van der Waals surface area contributed by atoms with E-state index in [4.69, 9.17) is 4.42 Å². The number of nitrogens with zero attached hydrogens (tertiary/aromatic N) is 4. The summed E-state index contributed by atoms with van der Waals surface area (Å²) in [6.07, 6.45) is 0. The van der Waals surface area contributed by atoms with Gasteiger partial charge in [0, 0.05) is 49.8 Å². The van der Waals surface area contributed by atoms with Crippen LogP contribution in [0.1, 0.15) is 11.1 Å². The van der Waals surface area contributed by atoms with Gasteiger partial charge in [-0.15, -0.1) is 0 Å². The van der Waals surface area contributed by atoms with Crippen LogP contribution < -0.4 is 10.4 Å². The topological polar surface area (TPSA) is 70.6 Å². The highest BCUT2D eigenvalue weighted by Crippen LogP contribution is 2.40. The molecule has 0 amide bonds. The third-order valence-corrected chi connectivity index (χ3v) is 14.9. The lowest BCUT2D eigenvalue weighted by Crippen LogP contribution is -2.49. The second kappa shape index (κ2) is 10.1. The second-order valence-corrected chi connectivity index (χ2v) is 18.8. The third kappa shape index (κ3) is 3.74. The first-order valence-corrected chi connectivity index (χ1v) is 20.5. The van der Waals surface area contributed by atoms with Gasteiger partial charge in [-0.25, -0.2) is 0 Å². The van der Waals surface area contributed by atoms with Crippen LogP contribution in [0.3, 0.4) is 0 Å². The highest BCUT2D eigenvalue weighted by molar-refractivity contribution is 7.03. The van der Waals surface area contributed by atoms with Gasteiger partial charge in [-0.1, -0.05) is 61.6 Å². The number of furan rings is 1. The lowest BCUT2D eigenvalue weighted by atomic mass is 10.0. The van der Waals surface area contributed by atoms with E-state index in [1.54, 1.807) is 0 Å². The Labute approximate surface area is 299 Å². The summed E-state index contributed by atoms with van der Waals surface area (Å²) in [5.41, 5.74) is 12.0. The molecule has 0 saturated heterocycles. The molecule has 52 heavy (non-hydrogen) atoms. The minimum Gasteiger partial charge on any atom is -0.456 e. The summed E-state index contributed by atoms with van der Waals surface area (Å²) < 4.78 is 11.1. The van der Waals surface area contributed by atoms with E-state index in [0.717, 1.165) is 66.2 Å². The van der Waals surface area contributed by atoms with E-state index in [-0.39, 0.29) is 0 Å². The number of para-hydroxylation sites is 2. The molecule has 6 heteroatoms. The maximum Gasteiger partial charge on any atom is 0.137 e. The van der Waals surface area contributed by atoms with Crippen LogP contribution in [0.15, 0.2) is 138 Å². The normalized spacial score (nSPS) is 13.3. The third-order valence-electron chi connectivity index (χ3n) is 11.4. The van der Waals surface area contributed by atoms with Crippen LogP contribution in [-0.2, 0) is 0 Å². The molecular formula is C46H28N4OSi. The molecule has 0 bridgehead atoms. The van der Waals surface area contributed by atoms with Crippen LogP contribution in [0.25, 0.3) is 88.1 Å². The molecule has 10 aromatic rings. The Bertz CT molecular complexity index is 3240. The Morgan fingerprint density at radius 1 is 0.462 bits per heavy atom. The number of fused-ring (bicyclic) bond motifs is 12. The molecule has 0 unspecified atom stereocenters. The molecule has 0 spiro atoms. The van der Waals surface area contributed by atoms with Crippen molar-refractivity contribution in [1.82, 2.24) is 9.13 Å². The summed E-state index contributed by atoms with van der Waals surface area (Å²) in [6, 6.07) is 51.7. The Balaban J connectivity index is 1.15. The molecule has 1 aliphatic heterocycles. The van der Waals surface area contributed by atoms with Gasteiger partial charge in [0.25, 0.3) is 0 Å². The zero-order valence-corrected chi connectivity index (χ0v) is 29.4. The molecule has 4 heterocycles. The summed E-state index contributed by atoms with van der Waals surface area (Å²) in [4.78, 5) is 0. The minimum absolute atomic E-state index is 0.600. The van der Waals surface area contributed by atoms with Crippen molar-refractivity contribution in [3.63, 3.8) is 0 Å². The van der Waals surface area contributed by atoms with E-state index in [2.05, 4.69) is 119 Å². The maximum atomic E-state index is 9.71. The Kier molecular flexibility index (Phi) is 5.62. The van der Waals surface area contributed by atoms with Gasteiger partial charge in [0.2, 0.25) is 0 Å². The Hall–Kier alpha value is -6.86. The minimum atomic E-state index is -2.00. The van der Waals surface area contributed by atoms with E-state index >= 15 is 0 Å². The summed E-state index contributed by atoms with van der Waals surface area (Å²) in [7, 11) is -2.00. The SMILES string of the molecule is C[Si]1(C)c2ccc(-n3c4ccc(C#N)cc4c4cc(C#N)ccc43)cc2-c2cc(-n3c4ccccc4c4cc5c(cc43)oc3ccccc35)ccc21. The summed E-state index contributed by atoms with van der Waals surface area (Å²) in [5.74, 6) is 0. The van der Waals surface area contributed by atoms with Crippen molar-refractivity contribution in [3.8, 4) is 34.6 Å². The first kappa shape index (κ1) is 28.9. The predicted molar refractivity (Wildman–Crippen MR) is 214 cm³/mol. The number of rotatable bonds is 2. The molecule has 7 aromatic carbocycles. The fourth-order valence-electron chi connectivity index (χ4n) is 8.93. The van der Waals surface area contributed by atoms with Crippen molar-refractivity contribution in [2.45, 2.75) is 13.1 Å². The summed E-state index contributed by atoms with van der Waals surface area (Å²) in [6.45, 7) is 4.89. The molecule has 0 saturated carbocycles. The van der Waals surface area contributed by atoms with Crippen LogP contribution in [0, 0.1) is 22.7 Å². The van der Waals surface area contributed by atoms with Gasteiger partial charge in [-0.2, -0.15) is 10.5 Å². The molecule has 0 N–H and O–H groups in total. The van der Waals surface area contributed by atoms with Crippen LogP contribution in [0.4, 0.5) is 0 Å². The van der Waals surface area contributed by atoms with E-state index in [1.807, 2.05) is 48.5 Å². The lowest BCUT2D eigenvalue weighted by molar-refractivity contribution is 0.669.